The van der Waals surface area contributed by atoms with Crippen molar-refractivity contribution in [2.75, 3.05) is 11.6 Å². The molecular formula is C19H17N3O6S. The lowest BCUT2D eigenvalue weighted by atomic mass is 10.1. The number of carboxylic acids is 1. The third-order valence-electron chi connectivity index (χ3n) is 4.20. The van der Waals surface area contributed by atoms with Crippen molar-refractivity contribution in [2.24, 2.45) is 5.10 Å². The van der Waals surface area contributed by atoms with Crippen molar-refractivity contribution in [1.82, 2.24) is 4.90 Å². The summed E-state index contributed by atoms with van der Waals surface area (Å²) in [5.41, 5.74) is 0.399. The summed E-state index contributed by atoms with van der Waals surface area (Å²) in [7, 11) is -4.39. The van der Waals surface area contributed by atoms with E-state index in [9.17, 15) is 23.1 Å². The highest BCUT2D eigenvalue weighted by atomic mass is 32.2. The van der Waals surface area contributed by atoms with Gasteiger partial charge in [-0.15, -0.1) is 0 Å². The van der Waals surface area contributed by atoms with E-state index in [1.807, 2.05) is 36.3 Å². The Balaban J connectivity index is 1.96. The minimum Gasteiger partial charge on any atom is -0.476 e. The molecule has 0 atom stereocenters. The normalized spacial score (nSPS) is 19.4. The zero-order chi connectivity index (χ0) is 21.2. The summed E-state index contributed by atoms with van der Waals surface area (Å²) < 4.78 is 31.3. The first kappa shape index (κ1) is 20.2. The van der Waals surface area contributed by atoms with Crippen molar-refractivity contribution in [1.29, 1.82) is 0 Å². The van der Waals surface area contributed by atoms with Crippen LogP contribution in [-0.2, 0) is 19.7 Å². The van der Waals surface area contributed by atoms with E-state index < -0.39 is 27.7 Å². The summed E-state index contributed by atoms with van der Waals surface area (Å²) in [5, 5.41) is 14.2. The standard InChI is InChI=1S/C19H17N3O6S/c1-2-21-12-4-3-5-13(21)8-11-16-17(19(24)25)20-22(18(16)23)14-6-9-15(10-7-14)29(26,27)28/h3-12H,2H2,1H3,(H,24,25)(H,26,27,28). The average Bonchev–Trinajstić information content (AvgIpc) is 3.02. The molecule has 1 aromatic rings. The zero-order valence-corrected chi connectivity index (χ0v) is 16.1. The average molecular weight is 415 g/mol. The number of carbonyl (C=O) groups excluding carboxylic acids is 1. The topological polar surface area (TPSA) is 128 Å². The quantitative estimate of drug-likeness (QED) is 0.556. The molecule has 29 heavy (non-hydrogen) atoms. The van der Waals surface area contributed by atoms with Gasteiger partial charge in [-0.05, 0) is 55.5 Å². The van der Waals surface area contributed by atoms with Crippen LogP contribution in [0.2, 0.25) is 0 Å². The van der Waals surface area contributed by atoms with E-state index in [1.165, 1.54) is 18.2 Å². The molecule has 2 aliphatic rings. The lowest BCUT2D eigenvalue weighted by Gasteiger charge is -2.21. The molecule has 9 nitrogen and oxygen atoms in total. The van der Waals surface area contributed by atoms with Crippen LogP contribution in [-0.4, -0.2) is 47.1 Å². The van der Waals surface area contributed by atoms with Gasteiger partial charge in [0.2, 0.25) is 0 Å². The highest BCUT2D eigenvalue weighted by Gasteiger charge is 2.35. The van der Waals surface area contributed by atoms with Gasteiger partial charge in [-0.2, -0.15) is 18.5 Å². The maximum atomic E-state index is 12.8. The Labute approximate surface area is 167 Å². The number of hydrazone groups is 1. The molecule has 3 rings (SSSR count). The molecule has 1 amide bonds. The first-order chi connectivity index (χ1) is 13.7. The van der Waals surface area contributed by atoms with Gasteiger partial charge in [0.05, 0.1) is 16.2 Å². The Morgan fingerprint density at radius 2 is 1.86 bits per heavy atom. The summed E-state index contributed by atoms with van der Waals surface area (Å²) in [6.45, 7) is 2.64. The summed E-state index contributed by atoms with van der Waals surface area (Å²) in [5.74, 6) is -2.04. The molecule has 2 aliphatic heterocycles. The molecule has 0 saturated heterocycles. The van der Waals surface area contributed by atoms with Crippen LogP contribution in [0.1, 0.15) is 6.92 Å². The largest absolute Gasteiger partial charge is 0.476 e. The smallest absolute Gasteiger partial charge is 0.357 e. The third kappa shape index (κ3) is 4.18. The van der Waals surface area contributed by atoms with Crippen LogP contribution in [0, 0.1) is 0 Å². The van der Waals surface area contributed by atoms with Gasteiger partial charge in [0.15, 0.2) is 5.71 Å². The number of allylic oxidation sites excluding steroid dienone is 5. The fourth-order valence-electron chi connectivity index (χ4n) is 2.75. The molecule has 2 heterocycles. The van der Waals surface area contributed by atoms with Gasteiger partial charge in [0.25, 0.3) is 16.0 Å². The van der Waals surface area contributed by atoms with Crippen molar-refractivity contribution in [3.8, 4) is 0 Å². The lowest BCUT2D eigenvalue weighted by molar-refractivity contribution is -0.129. The molecule has 150 valence electrons. The van der Waals surface area contributed by atoms with E-state index in [2.05, 4.69) is 5.10 Å². The van der Waals surface area contributed by atoms with Gasteiger partial charge >= 0.3 is 5.97 Å². The van der Waals surface area contributed by atoms with Gasteiger partial charge < -0.3 is 10.0 Å². The Morgan fingerprint density at radius 3 is 2.45 bits per heavy atom. The van der Waals surface area contributed by atoms with Crippen molar-refractivity contribution in [3.05, 3.63) is 72.1 Å². The Hall–Kier alpha value is -3.50. The molecule has 2 N–H and O–H groups in total. The number of carboxylic acid groups (broad SMARTS) is 1. The highest BCUT2D eigenvalue weighted by molar-refractivity contribution is 7.85. The molecule has 10 heteroatoms. The van der Waals surface area contributed by atoms with Crippen molar-refractivity contribution in [3.63, 3.8) is 0 Å². The van der Waals surface area contributed by atoms with Crippen LogP contribution in [0.4, 0.5) is 5.69 Å². The number of rotatable bonds is 5. The van der Waals surface area contributed by atoms with Gasteiger partial charge in [-0.25, -0.2) is 4.79 Å². The molecule has 0 radical (unpaired) electrons. The van der Waals surface area contributed by atoms with Crippen LogP contribution in [0.25, 0.3) is 0 Å². The maximum absolute atomic E-state index is 12.8. The van der Waals surface area contributed by atoms with Crippen LogP contribution in [0.3, 0.4) is 0 Å². The van der Waals surface area contributed by atoms with Gasteiger partial charge in [0, 0.05) is 18.4 Å². The van der Waals surface area contributed by atoms with Crippen LogP contribution in [0.15, 0.2) is 82.1 Å². The highest BCUT2D eigenvalue weighted by Crippen LogP contribution is 2.25. The number of anilines is 1. The predicted molar refractivity (Wildman–Crippen MR) is 106 cm³/mol. The van der Waals surface area contributed by atoms with E-state index in [0.29, 0.717) is 6.54 Å². The number of amides is 1. The van der Waals surface area contributed by atoms with Gasteiger partial charge in [0.1, 0.15) is 0 Å². The predicted octanol–water partition coefficient (Wildman–Crippen LogP) is 1.94. The number of likely N-dealkylation sites (N-methyl/N-ethyl adjacent to an activating group) is 1. The van der Waals surface area contributed by atoms with E-state index >= 15 is 0 Å². The maximum Gasteiger partial charge on any atom is 0.357 e. The van der Waals surface area contributed by atoms with Gasteiger partial charge in [-0.3, -0.25) is 9.35 Å². The van der Waals surface area contributed by atoms with Crippen molar-refractivity contribution in [2.45, 2.75) is 11.8 Å². The van der Waals surface area contributed by atoms with Crippen LogP contribution < -0.4 is 5.01 Å². The summed E-state index contributed by atoms with van der Waals surface area (Å²) >= 11 is 0. The second-order valence-electron chi connectivity index (χ2n) is 6.00. The number of aliphatic carboxylic acids is 1. The fourth-order valence-corrected chi connectivity index (χ4v) is 3.23. The molecule has 1 aromatic carbocycles. The summed E-state index contributed by atoms with van der Waals surface area (Å²) in [6.07, 6.45) is 10.4. The minimum absolute atomic E-state index is 0.108. The molecule has 0 bridgehead atoms. The summed E-state index contributed by atoms with van der Waals surface area (Å²) in [4.78, 5) is 25.9. The molecule has 0 unspecified atom stereocenters. The minimum atomic E-state index is -4.39. The fraction of sp³-hybridized carbons (Fsp3) is 0.105. The second kappa shape index (κ2) is 7.86. The van der Waals surface area contributed by atoms with Crippen LogP contribution >= 0.6 is 0 Å². The number of carbonyl (C=O) groups is 2. The zero-order valence-electron chi connectivity index (χ0n) is 15.3. The monoisotopic (exact) mass is 415 g/mol. The SMILES string of the molecule is CCN1C=CC=CC1=CC=C1C(=O)N(c2ccc(S(=O)(=O)O)cc2)N=C1C(=O)O. The molecule has 0 fully saturated rings. The molecule has 0 spiro atoms. The Bertz CT molecular complexity index is 1110. The second-order valence-corrected chi connectivity index (χ2v) is 7.42. The Kier molecular flexibility index (Phi) is 5.48. The number of hydrogen-bond donors (Lipinski definition) is 2. The van der Waals surface area contributed by atoms with E-state index in [1.54, 1.807) is 6.08 Å². The number of benzene rings is 1. The summed E-state index contributed by atoms with van der Waals surface area (Å²) in [6, 6.07) is 4.68. The van der Waals surface area contributed by atoms with E-state index in [0.717, 1.165) is 22.8 Å². The first-order valence-corrected chi connectivity index (χ1v) is 9.94. The molecule has 0 saturated carbocycles. The van der Waals surface area contributed by atoms with Crippen molar-refractivity contribution < 1.29 is 27.7 Å². The van der Waals surface area contributed by atoms with Crippen molar-refractivity contribution >= 4 is 33.4 Å². The lowest BCUT2D eigenvalue weighted by Crippen LogP contribution is -2.22. The number of nitrogens with zero attached hydrogens (tertiary/aromatic N) is 3. The van der Waals surface area contributed by atoms with E-state index in [-0.39, 0.29) is 16.2 Å². The van der Waals surface area contributed by atoms with E-state index in [4.69, 9.17) is 4.55 Å². The molecular weight excluding hydrogens is 398 g/mol. The Morgan fingerprint density at radius 1 is 1.17 bits per heavy atom. The molecule has 0 aliphatic carbocycles. The third-order valence-corrected chi connectivity index (χ3v) is 5.06. The van der Waals surface area contributed by atoms with Crippen LogP contribution in [0.5, 0.6) is 0 Å². The van der Waals surface area contributed by atoms with Gasteiger partial charge in [-0.1, -0.05) is 6.08 Å². The molecule has 0 aromatic heterocycles. The first-order valence-electron chi connectivity index (χ1n) is 8.50. The number of hydrogen-bond acceptors (Lipinski definition) is 6.